The lowest BCUT2D eigenvalue weighted by atomic mass is 10.2. The highest BCUT2D eigenvalue weighted by atomic mass is 32.1. The van der Waals surface area contributed by atoms with Crippen LogP contribution in [0.5, 0.6) is 5.75 Å². The molecule has 106 valence electrons. The van der Waals surface area contributed by atoms with Gasteiger partial charge in [-0.15, -0.1) is 10.2 Å². The summed E-state index contributed by atoms with van der Waals surface area (Å²) in [6.07, 6.45) is 0. The Kier molecular flexibility index (Phi) is 4.65. The summed E-state index contributed by atoms with van der Waals surface area (Å²) in [5, 5.41) is 11.5. The average molecular weight is 292 g/mol. The number of rotatable bonds is 5. The van der Waals surface area contributed by atoms with Crippen molar-refractivity contribution in [3.8, 4) is 5.75 Å². The number of anilines is 1. The fraction of sp³-hybridized carbons (Fsp3) is 0.308. The second kappa shape index (κ2) is 6.44. The normalized spacial score (nSPS) is 11.9. The summed E-state index contributed by atoms with van der Waals surface area (Å²) in [5.74, 6) is 0.414. The van der Waals surface area contributed by atoms with Gasteiger partial charge in [-0.1, -0.05) is 29.5 Å². The van der Waals surface area contributed by atoms with Crippen LogP contribution in [0.15, 0.2) is 24.3 Å². The van der Waals surface area contributed by atoms with Crippen LogP contribution >= 0.6 is 11.3 Å². The first-order valence-corrected chi connectivity index (χ1v) is 6.95. The van der Waals surface area contributed by atoms with Gasteiger partial charge in [0.25, 0.3) is 5.91 Å². The van der Waals surface area contributed by atoms with Crippen molar-refractivity contribution in [3.05, 3.63) is 34.8 Å². The average Bonchev–Trinajstić information content (AvgIpc) is 2.86. The Balaban J connectivity index is 1.88. The van der Waals surface area contributed by atoms with Gasteiger partial charge in [-0.3, -0.25) is 10.1 Å². The largest absolute Gasteiger partial charge is 0.483 e. The number of nitrogens with two attached hydrogens (primary N) is 1. The first-order valence-electron chi connectivity index (χ1n) is 6.13. The highest BCUT2D eigenvalue weighted by molar-refractivity contribution is 7.15. The van der Waals surface area contributed by atoms with E-state index in [1.165, 1.54) is 11.3 Å². The van der Waals surface area contributed by atoms with Gasteiger partial charge in [0.05, 0.1) is 6.04 Å². The molecule has 0 saturated carbocycles. The first kappa shape index (κ1) is 14.4. The van der Waals surface area contributed by atoms with E-state index in [0.29, 0.717) is 15.9 Å². The molecule has 2 aromatic rings. The molecular weight excluding hydrogens is 276 g/mol. The van der Waals surface area contributed by atoms with Gasteiger partial charge in [-0.05, 0) is 25.5 Å². The van der Waals surface area contributed by atoms with Crippen molar-refractivity contribution >= 4 is 22.4 Å². The SMILES string of the molecule is Cc1ccccc1OCC(=O)Nc1nnc(C(C)N)s1. The number of nitrogens with one attached hydrogen (secondary N) is 1. The fourth-order valence-corrected chi connectivity index (χ4v) is 2.20. The quantitative estimate of drug-likeness (QED) is 0.878. The monoisotopic (exact) mass is 292 g/mol. The van der Waals surface area contributed by atoms with Crippen molar-refractivity contribution < 1.29 is 9.53 Å². The van der Waals surface area contributed by atoms with E-state index in [4.69, 9.17) is 10.5 Å². The molecule has 1 aromatic carbocycles. The minimum Gasteiger partial charge on any atom is -0.483 e. The van der Waals surface area contributed by atoms with Crippen molar-refractivity contribution in [2.75, 3.05) is 11.9 Å². The van der Waals surface area contributed by atoms with Gasteiger partial charge >= 0.3 is 0 Å². The fourth-order valence-electron chi connectivity index (χ4n) is 1.49. The Morgan fingerprint density at radius 2 is 2.20 bits per heavy atom. The van der Waals surface area contributed by atoms with Crippen LogP contribution in [0.1, 0.15) is 23.5 Å². The first-order chi connectivity index (χ1) is 9.56. The molecular formula is C13H16N4O2S. The van der Waals surface area contributed by atoms with Gasteiger partial charge in [-0.2, -0.15) is 0 Å². The zero-order valence-electron chi connectivity index (χ0n) is 11.3. The number of para-hydroxylation sites is 1. The van der Waals surface area contributed by atoms with Crippen LogP contribution in [0, 0.1) is 6.92 Å². The molecule has 0 radical (unpaired) electrons. The molecule has 1 heterocycles. The topological polar surface area (TPSA) is 90.1 Å². The lowest BCUT2D eigenvalue weighted by Crippen LogP contribution is -2.20. The Labute approximate surface area is 121 Å². The van der Waals surface area contributed by atoms with Crippen LogP contribution in [0.25, 0.3) is 0 Å². The number of aryl methyl sites for hydroxylation is 1. The van der Waals surface area contributed by atoms with E-state index in [1.807, 2.05) is 38.1 Å². The molecule has 0 aliphatic carbocycles. The number of benzene rings is 1. The van der Waals surface area contributed by atoms with E-state index in [9.17, 15) is 4.79 Å². The Hall–Kier alpha value is -1.99. The summed E-state index contributed by atoms with van der Waals surface area (Å²) >= 11 is 1.26. The number of carbonyl (C=O) groups excluding carboxylic acids is 1. The third kappa shape index (κ3) is 3.75. The lowest BCUT2D eigenvalue weighted by molar-refractivity contribution is -0.118. The minimum atomic E-state index is -0.277. The summed E-state index contributed by atoms with van der Waals surface area (Å²) in [4.78, 5) is 11.7. The van der Waals surface area contributed by atoms with Gasteiger partial charge in [0.15, 0.2) is 6.61 Å². The molecule has 0 saturated heterocycles. The summed E-state index contributed by atoms with van der Waals surface area (Å²) in [6, 6.07) is 7.33. The smallest absolute Gasteiger partial charge is 0.264 e. The van der Waals surface area contributed by atoms with E-state index >= 15 is 0 Å². The summed E-state index contributed by atoms with van der Waals surface area (Å²) in [7, 11) is 0. The van der Waals surface area contributed by atoms with Crippen molar-refractivity contribution in [3.63, 3.8) is 0 Å². The van der Waals surface area contributed by atoms with E-state index < -0.39 is 0 Å². The van der Waals surface area contributed by atoms with E-state index in [2.05, 4.69) is 15.5 Å². The van der Waals surface area contributed by atoms with Crippen molar-refractivity contribution in [2.24, 2.45) is 5.73 Å². The van der Waals surface area contributed by atoms with Crippen LogP contribution in [0.4, 0.5) is 5.13 Å². The second-order valence-corrected chi connectivity index (χ2v) is 5.35. The molecule has 6 nitrogen and oxygen atoms in total. The molecule has 0 aliphatic rings. The molecule has 2 rings (SSSR count). The maximum atomic E-state index is 11.7. The second-order valence-electron chi connectivity index (χ2n) is 4.34. The van der Waals surface area contributed by atoms with E-state index in [-0.39, 0.29) is 18.6 Å². The van der Waals surface area contributed by atoms with E-state index in [1.54, 1.807) is 0 Å². The molecule has 0 fully saturated rings. The Morgan fingerprint density at radius 1 is 1.45 bits per heavy atom. The summed E-state index contributed by atoms with van der Waals surface area (Å²) in [5.41, 5.74) is 6.66. The zero-order chi connectivity index (χ0) is 14.5. The third-order valence-corrected chi connectivity index (χ3v) is 3.57. The zero-order valence-corrected chi connectivity index (χ0v) is 12.1. The molecule has 1 unspecified atom stereocenters. The molecule has 3 N–H and O–H groups in total. The molecule has 0 spiro atoms. The number of ether oxygens (including phenoxy) is 1. The van der Waals surface area contributed by atoms with E-state index in [0.717, 1.165) is 5.56 Å². The number of aromatic nitrogens is 2. The van der Waals surface area contributed by atoms with Crippen molar-refractivity contribution in [1.82, 2.24) is 10.2 Å². The summed E-state index contributed by atoms with van der Waals surface area (Å²) in [6.45, 7) is 3.66. The van der Waals surface area contributed by atoms with Crippen molar-refractivity contribution in [2.45, 2.75) is 19.9 Å². The maximum absolute atomic E-state index is 11.7. The lowest BCUT2D eigenvalue weighted by Gasteiger charge is -2.07. The highest BCUT2D eigenvalue weighted by Crippen LogP contribution is 2.20. The van der Waals surface area contributed by atoms with Crippen LogP contribution in [-0.4, -0.2) is 22.7 Å². The van der Waals surface area contributed by atoms with Gasteiger partial charge in [-0.25, -0.2) is 0 Å². The number of hydrogen-bond donors (Lipinski definition) is 2. The summed E-state index contributed by atoms with van der Waals surface area (Å²) < 4.78 is 5.44. The predicted octanol–water partition coefficient (Wildman–Crippen LogP) is 1.88. The highest BCUT2D eigenvalue weighted by Gasteiger charge is 2.11. The van der Waals surface area contributed by atoms with Gasteiger partial charge < -0.3 is 10.5 Å². The molecule has 20 heavy (non-hydrogen) atoms. The molecule has 1 amide bonds. The minimum absolute atomic E-state index is 0.0715. The number of hydrogen-bond acceptors (Lipinski definition) is 6. The predicted molar refractivity (Wildman–Crippen MR) is 77.8 cm³/mol. The maximum Gasteiger partial charge on any atom is 0.264 e. The van der Waals surface area contributed by atoms with Crippen LogP contribution < -0.4 is 15.8 Å². The Bertz CT molecular complexity index is 598. The Morgan fingerprint density at radius 3 is 2.85 bits per heavy atom. The number of nitrogens with zero attached hydrogens (tertiary/aromatic N) is 2. The molecule has 1 aromatic heterocycles. The van der Waals surface area contributed by atoms with Crippen molar-refractivity contribution in [1.29, 1.82) is 0 Å². The third-order valence-electron chi connectivity index (χ3n) is 2.53. The van der Waals surface area contributed by atoms with Crippen LogP contribution in [0.3, 0.4) is 0 Å². The molecule has 0 bridgehead atoms. The van der Waals surface area contributed by atoms with Crippen LogP contribution in [0.2, 0.25) is 0 Å². The number of carbonyl (C=O) groups is 1. The molecule has 7 heteroatoms. The number of amides is 1. The van der Waals surface area contributed by atoms with Gasteiger partial charge in [0.2, 0.25) is 5.13 Å². The van der Waals surface area contributed by atoms with Crippen LogP contribution in [-0.2, 0) is 4.79 Å². The standard InChI is InChI=1S/C13H16N4O2S/c1-8-5-3-4-6-10(8)19-7-11(18)15-13-17-16-12(20-13)9(2)14/h3-6,9H,7,14H2,1-2H3,(H,15,17,18). The van der Waals surface area contributed by atoms with Gasteiger partial charge in [0, 0.05) is 0 Å². The van der Waals surface area contributed by atoms with Gasteiger partial charge in [0.1, 0.15) is 10.8 Å². The molecule has 0 aliphatic heterocycles. The molecule has 1 atom stereocenters.